The molecule has 1 saturated heterocycles. The molecule has 29 heavy (non-hydrogen) atoms. The number of hydrogen-bond donors (Lipinski definition) is 2. The Morgan fingerprint density at radius 3 is 2.69 bits per heavy atom. The molecule has 3 aromatic rings. The Balaban J connectivity index is 1.37. The van der Waals surface area contributed by atoms with Gasteiger partial charge in [0.15, 0.2) is 0 Å². The molecule has 1 unspecified atom stereocenters. The first-order valence-electron chi connectivity index (χ1n) is 9.40. The third-order valence-corrected chi connectivity index (χ3v) is 5.18. The summed E-state index contributed by atoms with van der Waals surface area (Å²) >= 11 is 0. The van der Waals surface area contributed by atoms with Crippen LogP contribution in [0.4, 0.5) is 5.69 Å². The zero-order valence-corrected chi connectivity index (χ0v) is 16.0. The number of amides is 2. The van der Waals surface area contributed by atoms with Gasteiger partial charge in [0, 0.05) is 48.2 Å². The Kier molecular flexibility index (Phi) is 5.03. The van der Waals surface area contributed by atoms with Crippen molar-refractivity contribution in [3.8, 4) is 5.75 Å². The van der Waals surface area contributed by atoms with Crippen LogP contribution in [0.25, 0.3) is 10.9 Å². The van der Waals surface area contributed by atoms with E-state index in [-0.39, 0.29) is 18.4 Å². The average Bonchev–Trinajstić information content (AvgIpc) is 3.35. The number of hydrogen-bond acceptors (Lipinski definition) is 4. The van der Waals surface area contributed by atoms with Gasteiger partial charge in [-0.3, -0.25) is 14.4 Å². The second kappa shape index (κ2) is 7.79. The lowest BCUT2D eigenvalue weighted by Crippen LogP contribution is -2.35. The number of anilines is 1. The Bertz CT molecular complexity index is 1070. The number of methoxy groups -OCH3 is 1. The van der Waals surface area contributed by atoms with E-state index in [2.05, 4.69) is 10.3 Å². The maximum atomic E-state index is 12.5. The van der Waals surface area contributed by atoms with Crippen molar-refractivity contribution in [3.63, 3.8) is 0 Å². The summed E-state index contributed by atoms with van der Waals surface area (Å²) < 4.78 is 5.14. The van der Waals surface area contributed by atoms with Gasteiger partial charge in [-0.1, -0.05) is 18.2 Å². The van der Waals surface area contributed by atoms with E-state index in [4.69, 9.17) is 4.74 Å². The topological polar surface area (TPSA) is 91.5 Å². The second-order valence-electron chi connectivity index (χ2n) is 7.06. The molecule has 1 atom stereocenters. The van der Waals surface area contributed by atoms with Crippen LogP contribution < -0.4 is 15.0 Å². The molecule has 2 heterocycles. The van der Waals surface area contributed by atoms with E-state index in [0.717, 1.165) is 22.3 Å². The third kappa shape index (κ3) is 3.71. The van der Waals surface area contributed by atoms with Gasteiger partial charge in [0.05, 0.1) is 12.7 Å². The van der Waals surface area contributed by atoms with Gasteiger partial charge in [-0.25, -0.2) is 0 Å². The number of nitrogens with zero attached hydrogens (tertiary/aromatic N) is 1. The molecule has 2 N–H and O–H groups in total. The van der Waals surface area contributed by atoms with Crippen LogP contribution in [0.2, 0.25) is 0 Å². The lowest BCUT2D eigenvalue weighted by Gasteiger charge is -2.17. The van der Waals surface area contributed by atoms with Crippen molar-refractivity contribution in [2.24, 2.45) is 5.92 Å². The molecule has 0 radical (unpaired) electrons. The summed E-state index contributed by atoms with van der Waals surface area (Å²) in [6, 6.07) is 14.6. The highest BCUT2D eigenvalue weighted by molar-refractivity contribution is 6.44. The van der Waals surface area contributed by atoms with Crippen LogP contribution in [0.3, 0.4) is 0 Å². The van der Waals surface area contributed by atoms with Crippen molar-refractivity contribution >= 4 is 34.2 Å². The van der Waals surface area contributed by atoms with Gasteiger partial charge in [0.25, 0.3) is 11.7 Å². The molecule has 1 aromatic heterocycles. The number of Topliss-reactive ketones (excluding diaryl/α,β-unsaturated/α-hetero) is 1. The quantitative estimate of drug-likeness (QED) is 0.499. The lowest BCUT2D eigenvalue weighted by molar-refractivity contribution is -0.118. The first-order valence-corrected chi connectivity index (χ1v) is 9.40. The van der Waals surface area contributed by atoms with Gasteiger partial charge in [0.2, 0.25) is 5.91 Å². The molecule has 2 aromatic carbocycles. The Morgan fingerprint density at radius 1 is 1.17 bits per heavy atom. The van der Waals surface area contributed by atoms with Gasteiger partial charge in [-0.2, -0.15) is 0 Å². The molecule has 2 amide bonds. The van der Waals surface area contributed by atoms with Crippen LogP contribution in [0.5, 0.6) is 5.75 Å². The van der Waals surface area contributed by atoms with E-state index >= 15 is 0 Å². The fourth-order valence-corrected chi connectivity index (χ4v) is 3.63. The Morgan fingerprint density at radius 2 is 1.93 bits per heavy atom. The zero-order valence-electron chi connectivity index (χ0n) is 16.0. The van der Waals surface area contributed by atoms with Gasteiger partial charge in [-0.15, -0.1) is 0 Å². The third-order valence-electron chi connectivity index (χ3n) is 5.18. The van der Waals surface area contributed by atoms with E-state index in [1.54, 1.807) is 36.4 Å². The molecule has 4 rings (SSSR count). The fraction of sp³-hybridized carbons (Fsp3) is 0.227. The van der Waals surface area contributed by atoms with Gasteiger partial charge >= 0.3 is 0 Å². The van der Waals surface area contributed by atoms with Crippen molar-refractivity contribution in [1.82, 2.24) is 10.3 Å². The van der Waals surface area contributed by atoms with E-state index in [1.165, 1.54) is 0 Å². The first-order chi connectivity index (χ1) is 14.1. The molecule has 1 aliphatic heterocycles. The minimum atomic E-state index is -0.662. The fourth-order valence-electron chi connectivity index (χ4n) is 3.63. The predicted molar refractivity (Wildman–Crippen MR) is 109 cm³/mol. The van der Waals surface area contributed by atoms with Crippen molar-refractivity contribution in [2.45, 2.75) is 6.42 Å². The Hall–Kier alpha value is -3.61. The summed E-state index contributed by atoms with van der Waals surface area (Å²) in [5.74, 6) is -0.578. The van der Waals surface area contributed by atoms with Crippen molar-refractivity contribution < 1.29 is 19.1 Å². The summed E-state index contributed by atoms with van der Waals surface area (Å²) in [6.07, 6.45) is 1.88. The van der Waals surface area contributed by atoms with E-state index in [1.807, 2.05) is 30.3 Å². The standard InChI is InChI=1S/C22H21N3O4/c1-29-16-8-6-15(7-9-16)25-13-14(10-20(25)26)11-24-22(28)21(27)18-12-23-19-5-3-2-4-17(18)19/h2-9,12,14,23H,10-11,13H2,1H3,(H,24,28). The molecular weight excluding hydrogens is 370 g/mol. The molecule has 0 saturated carbocycles. The molecule has 0 aliphatic carbocycles. The van der Waals surface area contributed by atoms with Crippen LogP contribution in [0.1, 0.15) is 16.8 Å². The summed E-state index contributed by atoms with van der Waals surface area (Å²) in [6.45, 7) is 0.762. The monoisotopic (exact) mass is 391 g/mol. The smallest absolute Gasteiger partial charge is 0.292 e. The highest BCUT2D eigenvalue weighted by Gasteiger charge is 2.31. The summed E-state index contributed by atoms with van der Waals surface area (Å²) in [5, 5.41) is 3.40. The van der Waals surface area contributed by atoms with Crippen LogP contribution in [0.15, 0.2) is 54.7 Å². The van der Waals surface area contributed by atoms with Crippen molar-refractivity contribution in [3.05, 3.63) is 60.3 Å². The van der Waals surface area contributed by atoms with Crippen LogP contribution in [-0.4, -0.2) is 42.8 Å². The molecule has 0 bridgehead atoms. The highest BCUT2D eigenvalue weighted by Crippen LogP contribution is 2.26. The summed E-state index contributed by atoms with van der Waals surface area (Å²) in [7, 11) is 1.59. The largest absolute Gasteiger partial charge is 0.497 e. The van der Waals surface area contributed by atoms with E-state index in [0.29, 0.717) is 18.5 Å². The molecule has 1 fully saturated rings. The molecule has 0 spiro atoms. The SMILES string of the molecule is COc1ccc(N2CC(CNC(=O)C(=O)c3c[nH]c4ccccc34)CC2=O)cc1. The maximum Gasteiger partial charge on any atom is 0.292 e. The average molecular weight is 391 g/mol. The maximum absolute atomic E-state index is 12.5. The minimum Gasteiger partial charge on any atom is -0.497 e. The van der Waals surface area contributed by atoms with Crippen LogP contribution in [-0.2, 0) is 9.59 Å². The number of para-hydroxylation sites is 1. The summed E-state index contributed by atoms with van der Waals surface area (Å²) in [4.78, 5) is 41.9. The van der Waals surface area contributed by atoms with Crippen LogP contribution >= 0.6 is 0 Å². The van der Waals surface area contributed by atoms with Gasteiger partial charge in [-0.05, 0) is 30.3 Å². The first kappa shape index (κ1) is 18.7. The second-order valence-corrected chi connectivity index (χ2v) is 7.06. The number of carbonyl (C=O) groups excluding carboxylic acids is 3. The number of H-pyrrole nitrogens is 1. The number of nitrogens with one attached hydrogen (secondary N) is 2. The van der Waals surface area contributed by atoms with Crippen molar-refractivity contribution in [2.75, 3.05) is 25.1 Å². The predicted octanol–water partition coefficient (Wildman–Crippen LogP) is 2.53. The minimum absolute atomic E-state index is 0.00243. The van der Waals surface area contributed by atoms with Gasteiger partial charge in [0.1, 0.15) is 5.75 Å². The number of fused-ring (bicyclic) bond motifs is 1. The van der Waals surface area contributed by atoms with Crippen molar-refractivity contribution in [1.29, 1.82) is 0 Å². The van der Waals surface area contributed by atoms with Gasteiger partial charge < -0.3 is 19.9 Å². The number of carbonyl (C=O) groups is 3. The number of ketones is 1. The number of ether oxygens (including phenoxy) is 1. The van der Waals surface area contributed by atoms with Crippen LogP contribution in [0, 0.1) is 5.92 Å². The van der Waals surface area contributed by atoms with E-state index in [9.17, 15) is 14.4 Å². The molecule has 148 valence electrons. The number of rotatable bonds is 6. The number of aromatic nitrogens is 1. The normalized spacial score (nSPS) is 16.2. The zero-order chi connectivity index (χ0) is 20.4. The molecule has 1 aliphatic rings. The molecule has 7 heteroatoms. The molecule has 7 nitrogen and oxygen atoms in total. The number of aromatic amines is 1. The lowest BCUT2D eigenvalue weighted by atomic mass is 10.1. The summed E-state index contributed by atoms with van der Waals surface area (Å²) in [5.41, 5.74) is 1.94. The Labute approximate surface area is 167 Å². The highest BCUT2D eigenvalue weighted by atomic mass is 16.5. The molecular formula is C22H21N3O4. The number of benzene rings is 2. The van der Waals surface area contributed by atoms with E-state index < -0.39 is 11.7 Å².